The second kappa shape index (κ2) is 24.1. The molecule has 4 aliphatic heterocycles. The maximum absolute atomic E-state index is 15.2. The number of esters is 1. The molecule has 10 bridgehead atoms. The minimum Gasteiger partial charge on any atom is -0.477 e. The van der Waals surface area contributed by atoms with Gasteiger partial charge in [-0.1, -0.05) is 52.0 Å². The number of hydrogen-bond acceptors (Lipinski definition) is 15. The Morgan fingerprint density at radius 3 is 1.70 bits per heavy atom. The fraction of sp³-hybridized carbons (Fsp3) is 0.552. The third-order valence-corrected chi connectivity index (χ3v) is 15.8. The summed E-state index contributed by atoms with van der Waals surface area (Å²) >= 11 is 0. The maximum Gasteiger partial charge on any atom is 0.325 e. The van der Waals surface area contributed by atoms with Crippen molar-refractivity contribution in [2.45, 2.75) is 150 Å². The molecular weight excluding hydrogens is 1030 g/mol. The Morgan fingerprint density at radius 2 is 1.11 bits per heavy atom. The molecule has 430 valence electrons. The van der Waals surface area contributed by atoms with Gasteiger partial charge in [0.2, 0.25) is 41.3 Å². The van der Waals surface area contributed by atoms with Crippen LogP contribution in [-0.2, 0) is 43.1 Å². The van der Waals surface area contributed by atoms with Crippen LogP contribution in [0.4, 0.5) is 0 Å². The minimum absolute atomic E-state index is 0.0196. The van der Waals surface area contributed by atoms with E-state index in [1.807, 2.05) is 43.3 Å². The second-order valence-corrected chi connectivity index (χ2v) is 23.6. The van der Waals surface area contributed by atoms with Crippen molar-refractivity contribution in [3.8, 4) is 11.8 Å². The number of cyclic esters (lactones) is 1. The number of hydrazine groups is 2. The van der Waals surface area contributed by atoms with E-state index in [-0.39, 0.29) is 56.8 Å². The van der Waals surface area contributed by atoms with Crippen LogP contribution in [0.2, 0.25) is 0 Å². The molecule has 2 aromatic heterocycles. The highest BCUT2D eigenvalue weighted by Crippen LogP contribution is 2.35. The number of benzene rings is 2. The van der Waals surface area contributed by atoms with Crippen molar-refractivity contribution in [3.05, 3.63) is 72.1 Å². The summed E-state index contributed by atoms with van der Waals surface area (Å²) in [5.74, 6) is -5.36. The highest BCUT2D eigenvalue weighted by atomic mass is 16.5. The largest absolute Gasteiger partial charge is 0.477 e. The first-order valence-corrected chi connectivity index (χ1v) is 27.7. The van der Waals surface area contributed by atoms with E-state index >= 15 is 9.59 Å². The molecule has 8 rings (SSSR count). The van der Waals surface area contributed by atoms with Gasteiger partial charge in [-0.2, -0.15) is 0 Å². The van der Waals surface area contributed by atoms with Crippen LogP contribution in [0.25, 0.3) is 21.5 Å². The number of fused-ring (bicyclic) bond motifs is 8. The quantitative estimate of drug-likeness (QED) is 0.142. The molecule has 0 saturated carbocycles. The number of pyridine rings is 2. The van der Waals surface area contributed by atoms with E-state index in [1.165, 1.54) is 23.9 Å². The highest BCUT2D eigenvalue weighted by molar-refractivity contribution is 5.95. The molecule has 6 heterocycles. The Labute approximate surface area is 466 Å². The van der Waals surface area contributed by atoms with Crippen molar-refractivity contribution < 1.29 is 52.6 Å². The summed E-state index contributed by atoms with van der Waals surface area (Å²) in [6, 6.07) is 7.80. The van der Waals surface area contributed by atoms with E-state index in [1.54, 1.807) is 79.9 Å². The molecule has 22 nitrogen and oxygen atoms in total. The third kappa shape index (κ3) is 13.2. The van der Waals surface area contributed by atoms with E-state index in [4.69, 9.17) is 14.2 Å². The van der Waals surface area contributed by atoms with Crippen LogP contribution in [0.1, 0.15) is 125 Å². The average molecular weight is 1100 g/mol. The van der Waals surface area contributed by atoms with E-state index in [2.05, 4.69) is 47.4 Å². The molecule has 4 aliphatic rings. The van der Waals surface area contributed by atoms with Crippen LogP contribution in [0.3, 0.4) is 0 Å². The lowest BCUT2D eigenvalue weighted by Crippen LogP contribution is -2.65. The number of aromatic nitrogens is 2. The van der Waals surface area contributed by atoms with E-state index in [0.29, 0.717) is 23.8 Å². The van der Waals surface area contributed by atoms with Gasteiger partial charge in [-0.3, -0.25) is 48.4 Å². The predicted molar refractivity (Wildman–Crippen MR) is 295 cm³/mol. The van der Waals surface area contributed by atoms with Crippen molar-refractivity contribution in [2.75, 3.05) is 26.3 Å². The number of nitrogens with zero attached hydrogens (tertiary/aromatic N) is 4. The first-order valence-electron chi connectivity index (χ1n) is 27.7. The van der Waals surface area contributed by atoms with Gasteiger partial charge in [-0.25, -0.2) is 20.8 Å². The molecule has 0 radical (unpaired) electrons. The van der Waals surface area contributed by atoms with Gasteiger partial charge < -0.3 is 40.8 Å². The third-order valence-electron chi connectivity index (χ3n) is 15.8. The lowest BCUT2D eigenvalue weighted by atomic mass is 9.75. The summed E-state index contributed by atoms with van der Waals surface area (Å²) in [5.41, 5.74) is 5.02. The van der Waals surface area contributed by atoms with Crippen LogP contribution in [-0.4, -0.2) is 130 Å². The van der Waals surface area contributed by atoms with Crippen molar-refractivity contribution in [2.24, 2.45) is 28.6 Å². The van der Waals surface area contributed by atoms with Gasteiger partial charge in [-0.15, -0.1) is 0 Å². The van der Waals surface area contributed by atoms with E-state index < -0.39 is 118 Å². The van der Waals surface area contributed by atoms with Gasteiger partial charge >= 0.3 is 5.97 Å². The topological polar surface area (TPSA) is 281 Å². The molecule has 0 spiro atoms. The molecule has 10 unspecified atom stereocenters. The lowest BCUT2D eigenvalue weighted by molar-refractivity contribution is -0.157. The fourth-order valence-electron chi connectivity index (χ4n) is 10.5. The lowest BCUT2D eigenvalue weighted by Gasteiger charge is -2.43. The number of rotatable bonds is 4. The molecule has 0 aliphatic carbocycles. The fourth-order valence-corrected chi connectivity index (χ4v) is 10.5. The van der Waals surface area contributed by atoms with E-state index in [0.717, 1.165) is 21.7 Å². The van der Waals surface area contributed by atoms with E-state index in [9.17, 15) is 28.8 Å². The van der Waals surface area contributed by atoms with Gasteiger partial charge in [0, 0.05) is 48.4 Å². The second-order valence-electron chi connectivity index (χ2n) is 23.6. The minimum atomic E-state index is -1.51. The molecule has 2 aromatic carbocycles. The molecule has 2 saturated heterocycles. The Morgan fingerprint density at radius 1 is 0.588 bits per heavy atom. The van der Waals surface area contributed by atoms with Crippen molar-refractivity contribution >= 4 is 68.9 Å². The van der Waals surface area contributed by atoms with Crippen LogP contribution < -0.4 is 46.9 Å². The number of ether oxygens (including phenoxy) is 3. The summed E-state index contributed by atoms with van der Waals surface area (Å²) in [6.45, 7) is 18.8. The molecule has 22 heteroatoms. The highest BCUT2D eigenvalue weighted by Gasteiger charge is 2.46. The zero-order valence-electron chi connectivity index (χ0n) is 47.6. The Kier molecular flexibility index (Phi) is 17.7. The first-order chi connectivity index (χ1) is 37.8. The number of nitrogens with one attached hydrogen (secondary N) is 7. The number of amides is 7. The Bertz CT molecular complexity index is 3040. The van der Waals surface area contributed by atoms with Crippen molar-refractivity contribution in [3.63, 3.8) is 0 Å². The summed E-state index contributed by atoms with van der Waals surface area (Å²) in [5, 5.41) is 20.2. The molecular formula is C58H77N11O11. The van der Waals surface area contributed by atoms with Crippen LogP contribution in [0.5, 0.6) is 11.8 Å². The monoisotopic (exact) mass is 1100 g/mol. The molecule has 7 N–H and O–H groups in total. The van der Waals surface area contributed by atoms with Crippen molar-refractivity contribution in [1.82, 2.24) is 57.4 Å². The van der Waals surface area contributed by atoms with Gasteiger partial charge in [0.25, 0.3) is 11.8 Å². The molecule has 7 amide bonds. The van der Waals surface area contributed by atoms with Crippen LogP contribution in [0, 0.1) is 28.6 Å². The summed E-state index contributed by atoms with van der Waals surface area (Å²) in [6.07, 6.45) is 3.72. The normalized spacial score (nSPS) is 29.0. The Hall–Kier alpha value is -7.46. The predicted octanol–water partition coefficient (Wildman–Crippen LogP) is 3.98. The molecule has 4 aromatic rings. The van der Waals surface area contributed by atoms with Crippen molar-refractivity contribution in [1.29, 1.82) is 0 Å². The van der Waals surface area contributed by atoms with Gasteiger partial charge in [0.05, 0.1) is 16.9 Å². The van der Waals surface area contributed by atoms with Crippen LogP contribution >= 0.6 is 0 Å². The van der Waals surface area contributed by atoms with Gasteiger partial charge in [0.1, 0.15) is 55.6 Å². The summed E-state index contributed by atoms with van der Waals surface area (Å²) in [4.78, 5) is 123. The molecule has 10 atom stereocenters. The number of carbonyl (C=O) groups is 8. The molecule has 80 heavy (non-hydrogen) atoms. The van der Waals surface area contributed by atoms with Gasteiger partial charge in [0.15, 0.2) is 0 Å². The van der Waals surface area contributed by atoms with Gasteiger partial charge in [-0.05, 0) is 126 Å². The maximum atomic E-state index is 15.2. The molecule has 2 fully saturated rings. The Balaban J connectivity index is 1.14. The summed E-state index contributed by atoms with van der Waals surface area (Å²) < 4.78 is 18.5. The number of carbonyl (C=O) groups excluding carboxylic acids is 8. The smallest absolute Gasteiger partial charge is 0.325 e. The average Bonchev–Trinajstić information content (AvgIpc) is 3.48. The standard InChI is InChI=1S/C58H77N11O11/c1-30(2)46-49(70)63-34(7)53(74)69-20-18-38(48(67-69)51(72)61-32(5)36-14-16-39-26-59-44(23-41(39)21-36)78-28-57(9,10)55(76)64-46)25-58(11)29-79-45-24-42-22-37(15-17-40(42)27-60-45)35(8)80-54(75)43-13-12-19-68(66-43)52(73)33(6)62-50(71)47(31(3)4)65-56(58)77/h14-17,21-24,26-27,30-35,38,43,46-48,66-67H,12-13,18-20,25,28-29H2,1-11H3,(H,61,72)(H,62,71)(H,63,70)(H,64,76)(H,65,77). The summed E-state index contributed by atoms with van der Waals surface area (Å²) in [7, 11) is 0. The van der Waals surface area contributed by atoms with Crippen LogP contribution in [0.15, 0.2) is 60.9 Å². The zero-order valence-corrected chi connectivity index (χ0v) is 47.6. The zero-order chi connectivity index (χ0) is 58.0. The number of hydrogen-bond donors (Lipinski definition) is 7. The first kappa shape index (κ1) is 58.7. The SMILES string of the molecule is CC1NC(=O)C(C(C)C)NC(=O)C(C)(CC2CCN3NC2C(=O)NC(C)c2ccc4cnc(cc4c2)OCC(C)(C)C(=O)NC(C(C)C)C(=O)NC(C)C3=O)COc2cc3cc(ccc3cn2)C(C)OC(=O)C2CCCN(N2)C1=O.